The van der Waals surface area contributed by atoms with Crippen molar-refractivity contribution >= 4 is 15.9 Å². The number of nitrogens with one attached hydrogen (secondary N) is 1. The van der Waals surface area contributed by atoms with Gasteiger partial charge in [0, 0.05) is 30.2 Å². The molecule has 3 nitrogen and oxygen atoms in total. The van der Waals surface area contributed by atoms with Crippen LogP contribution in [0.5, 0.6) is 0 Å². The number of hydrogen-bond acceptors (Lipinski definition) is 2. The van der Waals surface area contributed by atoms with Gasteiger partial charge in [0.15, 0.2) is 0 Å². The molecular weight excluding hydrogens is 297 g/mol. The Morgan fingerprint density at radius 2 is 2.22 bits per heavy atom. The second-order valence-corrected chi connectivity index (χ2v) is 5.05. The molecule has 1 unspecified atom stereocenters. The largest absolute Gasteiger partial charge is 0.313 e. The predicted octanol–water partition coefficient (Wildman–Crippen LogP) is 2.82. The maximum absolute atomic E-state index is 13.1. The topological polar surface area (TPSA) is 29.9 Å². The first kappa shape index (κ1) is 13.2. The smallest absolute Gasteiger partial charge is 0.124 e. The molecule has 1 N–H and O–H groups in total. The number of aryl methyl sites for hydroxylation is 1. The summed E-state index contributed by atoms with van der Waals surface area (Å²) < 4.78 is 15.6. The van der Waals surface area contributed by atoms with Crippen LogP contribution in [0.1, 0.15) is 17.3 Å². The Bertz CT molecular complexity index is 539. The van der Waals surface area contributed by atoms with E-state index in [1.807, 2.05) is 26.4 Å². The van der Waals surface area contributed by atoms with Gasteiger partial charge in [0.25, 0.3) is 0 Å². The summed E-state index contributed by atoms with van der Waals surface area (Å²) >= 11 is 3.40. The molecule has 2 rings (SSSR count). The number of hydrogen-bond donors (Lipinski definition) is 1. The van der Waals surface area contributed by atoms with E-state index in [0.29, 0.717) is 0 Å². The molecule has 0 saturated heterocycles. The molecule has 0 aliphatic rings. The van der Waals surface area contributed by atoms with Crippen LogP contribution < -0.4 is 5.32 Å². The highest BCUT2D eigenvalue weighted by atomic mass is 79.9. The molecular formula is C13H15BrFN3. The molecule has 0 aliphatic heterocycles. The van der Waals surface area contributed by atoms with E-state index in [4.69, 9.17) is 0 Å². The van der Waals surface area contributed by atoms with Gasteiger partial charge in [-0.05, 0) is 30.8 Å². The van der Waals surface area contributed by atoms with Crippen molar-refractivity contribution in [3.05, 3.63) is 52.0 Å². The summed E-state index contributed by atoms with van der Waals surface area (Å²) in [6.07, 6.45) is 2.68. The lowest BCUT2D eigenvalue weighted by molar-refractivity contribution is 0.570. The van der Waals surface area contributed by atoms with Crippen molar-refractivity contribution in [1.29, 1.82) is 0 Å². The lowest BCUT2D eigenvalue weighted by Crippen LogP contribution is -2.19. The van der Waals surface area contributed by atoms with Crippen molar-refractivity contribution in [3.63, 3.8) is 0 Å². The highest BCUT2D eigenvalue weighted by Crippen LogP contribution is 2.26. The maximum atomic E-state index is 13.1. The van der Waals surface area contributed by atoms with Crippen LogP contribution >= 0.6 is 15.9 Å². The molecule has 1 heterocycles. The van der Waals surface area contributed by atoms with Crippen LogP contribution in [0.15, 0.2) is 34.9 Å². The Balaban J connectivity index is 2.22. The van der Waals surface area contributed by atoms with Gasteiger partial charge in [-0.1, -0.05) is 22.0 Å². The Labute approximate surface area is 114 Å². The van der Waals surface area contributed by atoms with Gasteiger partial charge in [-0.25, -0.2) is 4.39 Å². The van der Waals surface area contributed by atoms with Crippen LogP contribution in [-0.4, -0.2) is 16.8 Å². The predicted molar refractivity (Wildman–Crippen MR) is 72.8 cm³/mol. The first-order valence-corrected chi connectivity index (χ1v) is 6.50. The van der Waals surface area contributed by atoms with E-state index in [2.05, 4.69) is 26.3 Å². The third-order valence-electron chi connectivity index (χ3n) is 2.87. The Morgan fingerprint density at radius 3 is 2.78 bits per heavy atom. The minimum Gasteiger partial charge on any atom is -0.313 e. The van der Waals surface area contributed by atoms with Gasteiger partial charge in [0.05, 0.1) is 5.69 Å². The molecule has 0 spiro atoms. The lowest BCUT2D eigenvalue weighted by atomic mass is 10.0. The summed E-state index contributed by atoms with van der Waals surface area (Å²) in [5.74, 6) is -0.238. The van der Waals surface area contributed by atoms with Gasteiger partial charge >= 0.3 is 0 Å². The summed E-state index contributed by atoms with van der Waals surface area (Å²) in [6, 6.07) is 6.85. The van der Waals surface area contributed by atoms with E-state index < -0.39 is 0 Å². The van der Waals surface area contributed by atoms with Crippen molar-refractivity contribution in [2.75, 3.05) is 7.05 Å². The molecule has 0 fully saturated rings. The van der Waals surface area contributed by atoms with Crippen LogP contribution in [0.4, 0.5) is 4.39 Å². The fourth-order valence-corrected chi connectivity index (χ4v) is 2.56. The Hall–Kier alpha value is -1.20. The standard InChI is InChI=1S/C13H15BrFN3/c1-16-13(8-10-5-6-18(2)17-10)11-4-3-9(15)7-12(11)14/h3-7,13,16H,8H2,1-2H3. The highest BCUT2D eigenvalue weighted by molar-refractivity contribution is 9.10. The second kappa shape index (κ2) is 5.63. The molecule has 18 heavy (non-hydrogen) atoms. The zero-order valence-corrected chi connectivity index (χ0v) is 11.9. The average Bonchev–Trinajstić information content (AvgIpc) is 2.72. The second-order valence-electron chi connectivity index (χ2n) is 4.19. The molecule has 0 aliphatic carbocycles. The monoisotopic (exact) mass is 311 g/mol. The number of benzene rings is 1. The Kier molecular flexibility index (Phi) is 4.14. The van der Waals surface area contributed by atoms with Crippen molar-refractivity contribution in [3.8, 4) is 0 Å². The normalized spacial score (nSPS) is 12.7. The van der Waals surface area contributed by atoms with Crippen LogP contribution in [0, 0.1) is 5.82 Å². The fourth-order valence-electron chi connectivity index (χ4n) is 1.93. The first-order chi connectivity index (χ1) is 8.60. The van der Waals surface area contributed by atoms with Gasteiger partial charge in [-0.3, -0.25) is 4.68 Å². The highest BCUT2D eigenvalue weighted by Gasteiger charge is 2.15. The van der Waals surface area contributed by atoms with E-state index in [9.17, 15) is 4.39 Å². The number of rotatable bonds is 4. The summed E-state index contributed by atoms with van der Waals surface area (Å²) in [5.41, 5.74) is 2.04. The third kappa shape index (κ3) is 2.97. The Morgan fingerprint density at radius 1 is 1.44 bits per heavy atom. The van der Waals surface area contributed by atoms with Crippen LogP contribution in [0.2, 0.25) is 0 Å². The van der Waals surface area contributed by atoms with Crippen LogP contribution in [0.25, 0.3) is 0 Å². The summed E-state index contributed by atoms with van der Waals surface area (Å²) in [6.45, 7) is 0. The molecule has 0 bridgehead atoms. The van der Waals surface area contributed by atoms with E-state index in [-0.39, 0.29) is 11.9 Å². The van der Waals surface area contributed by atoms with E-state index in [1.165, 1.54) is 12.1 Å². The molecule has 2 aromatic rings. The fraction of sp³-hybridized carbons (Fsp3) is 0.308. The molecule has 1 aromatic heterocycles. The van der Waals surface area contributed by atoms with Crippen molar-refractivity contribution in [2.24, 2.45) is 7.05 Å². The van der Waals surface area contributed by atoms with Gasteiger partial charge in [0.1, 0.15) is 5.82 Å². The summed E-state index contributed by atoms with van der Waals surface area (Å²) in [5, 5.41) is 7.59. The third-order valence-corrected chi connectivity index (χ3v) is 3.56. The number of halogens is 2. The SMILES string of the molecule is CNC(Cc1ccn(C)n1)c1ccc(F)cc1Br. The molecule has 1 aromatic carbocycles. The molecule has 96 valence electrons. The molecule has 0 amide bonds. The maximum Gasteiger partial charge on any atom is 0.124 e. The van der Waals surface area contributed by atoms with Crippen LogP contribution in [-0.2, 0) is 13.5 Å². The van der Waals surface area contributed by atoms with Crippen molar-refractivity contribution in [2.45, 2.75) is 12.5 Å². The summed E-state index contributed by atoms with van der Waals surface area (Å²) in [7, 11) is 3.79. The molecule has 5 heteroatoms. The molecule has 1 atom stereocenters. The minimum absolute atomic E-state index is 0.106. The molecule has 0 saturated carbocycles. The average molecular weight is 312 g/mol. The van der Waals surface area contributed by atoms with Crippen LogP contribution in [0.3, 0.4) is 0 Å². The minimum atomic E-state index is -0.238. The van der Waals surface area contributed by atoms with Gasteiger partial charge < -0.3 is 5.32 Å². The lowest BCUT2D eigenvalue weighted by Gasteiger charge is -2.17. The van der Waals surface area contributed by atoms with E-state index >= 15 is 0 Å². The number of likely N-dealkylation sites (N-methyl/N-ethyl adjacent to an activating group) is 1. The van der Waals surface area contributed by atoms with Gasteiger partial charge in [-0.2, -0.15) is 5.10 Å². The van der Waals surface area contributed by atoms with Crippen molar-refractivity contribution < 1.29 is 4.39 Å². The summed E-state index contributed by atoms with van der Waals surface area (Å²) in [4.78, 5) is 0. The quantitative estimate of drug-likeness (QED) is 0.941. The van der Waals surface area contributed by atoms with E-state index in [0.717, 1.165) is 22.2 Å². The van der Waals surface area contributed by atoms with Gasteiger partial charge in [0.2, 0.25) is 0 Å². The molecule has 0 radical (unpaired) electrons. The van der Waals surface area contributed by atoms with Gasteiger partial charge in [-0.15, -0.1) is 0 Å². The van der Waals surface area contributed by atoms with E-state index in [1.54, 1.807) is 10.7 Å². The zero-order chi connectivity index (χ0) is 13.1. The first-order valence-electron chi connectivity index (χ1n) is 5.71. The zero-order valence-electron chi connectivity index (χ0n) is 10.3. The van der Waals surface area contributed by atoms with Crippen molar-refractivity contribution in [1.82, 2.24) is 15.1 Å². The number of nitrogens with zero attached hydrogens (tertiary/aromatic N) is 2. The number of aromatic nitrogens is 2.